The van der Waals surface area contributed by atoms with Crippen LogP contribution in [0.15, 0.2) is 86.0 Å². The average Bonchev–Trinajstić information content (AvgIpc) is 2.70. The Hall–Kier alpha value is -2.68. The van der Waals surface area contributed by atoms with Gasteiger partial charge < -0.3 is 9.47 Å². The zero-order chi connectivity index (χ0) is 18.6. The highest BCUT2D eigenvalue weighted by atomic mass is 16.7. The maximum Gasteiger partial charge on any atom is 0.177 e. The monoisotopic (exact) mass is 346 g/mol. The fraction of sp³-hybridized carbons (Fsp3) is 0.167. The molecule has 0 saturated heterocycles. The van der Waals surface area contributed by atoms with Crippen molar-refractivity contribution in [3.05, 3.63) is 108 Å². The van der Waals surface area contributed by atoms with Crippen LogP contribution in [0.3, 0.4) is 0 Å². The molecular weight excluding hydrogens is 320 g/mol. The van der Waals surface area contributed by atoms with Crippen molar-refractivity contribution in [1.29, 1.82) is 0 Å². The molecule has 0 saturated carbocycles. The van der Waals surface area contributed by atoms with E-state index < -0.39 is 6.29 Å². The summed E-state index contributed by atoms with van der Waals surface area (Å²) in [6, 6.07) is 16.2. The van der Waals surface area contributed by atoms with E-state index in [1.165, 1.54) is 0 Å². The van der Waals surface area contributed by atoms with Crippen LogP contribution in [0, 0.1) is 0 Å². The van der Waals surface area contributed by atoms with Crippen molar-refractivity contribution in [2.45, 2.75) is 26.4 Å². The minimum absolute atomic E-state index is 0.434. The van der Waals surface area contributed by atoms with Gasteiger partial charge in [-0.05, 0) is 41.3 Å². The van der Waals surface area contributed by atoms with Crippen LogP contribution in [0.2, 0.25) is 0 Å². The van der Waals surface area contributed by atoms with E-state index >= 15 is 0 Å². The highest BCUT2D eigenvalue weighted by Crippen LogP contribution is 2.15. The van der Waals surface area contributed by atoms with Crippen LogP contribution in [0.25, 0.3) is 12.2 Å². The van der Waals surface area contributed by atoms with Crippen molar-refractivity contribution in [2.24, 2.45) is 0 Å². The van der Waals surface area contributed by atoms with E-state index in [-0.39, 0.29) is 0 Å². The van der Waals surface area contributed by atoms with Crippen LogP contribution in [-0.4, -0.2) is 6.29 Å². The molecule has 2 aromatic rings. The van der Waals surface area contributed by atoms with Crippen LogP contribution in [0.5, 0.6) is 0 Å². The van der Waals surface area contributed by atoms with E-state index in [9.17, 15) is 0 Å². The van der Waals surface area contributed by atoms with Gasteiger partial charge in [0, 0.05) is 0 Å². The molecule has 0 amide bonds. The number of benzene rings is 2. The van der Waals surface area contributed by atoms with Crippen molar-refractivity contribution < 1.29 is 9.47 Å². The molecule has 2 rings (SSSR count). The molecule has 1 atom stereocenters. The molecule has 0 fully saturated rings. The van der Waals surface area contributed by atoms with Gasteiger partial charge in [-0.2, -0.15) is 0 Å². The molecule has 0 N–H and O–H groups in total. The van der Waals surface area contributed by atoms with E-state index in [1.807, 2.05) is 85.8 Å². The molecule has 1 unspecified atom stereocenters. The van der Waals surface area contributed by atoms with Gasteiger partial charge in [0.2, 0.25) is 0 Å². The number of hydrogen-bond acceptors (Lipinski definition) is 2. The molecule has 134 valence electrons. The van der Waals surface area contributed by atoms with Gasteiger partial charge in [-0.25, -0.2) is 0 Å². The van der Waals surface area contributed by atoms with Crippen LogP contribution >= 0.6 is 0 Å². The topological polar surface area (TPSA) is 18.5 Å². The van der Waals surface area contributed by atoms with E-state index in [2.05, 4.69) is 19.2 Å². The molecule has 0 bridgehead atoms. The first-order chi connectivity index (χ1) is 12.8. The van der Waals surface area contributed by atoms with E-state index in [4.69, 9.17) is 9.47 Å². The smallest absolute Gasteiger partial charge is 0.177 e. The van der Waals surface area contributed by atoms with Crippen LogP contribution in [-0.2, 0) is 22.7 Å². The van der Waals surface area contributed by atoms with Crippen LogP contribution in [0.1, 0.15) is 29.2 Å². The minimum Gasteiger partial charge on any atom is -0.344 e. The number of rotatable bonds is 10. The molecule has 0 aliphatic heterocycles. The zero-order valence-electron chi connectivity index (χ0n) is 15.3. The Morgan fingerprint density at radius 2 is 1.73 bits per heavy atom. The Morgan fingerprint density at radius 3 is 2.50 bits per heavy atom. The molecule has 0 aliphatic carbocycles. The average molecular weight is 346 g/mol. The van der Waals surface area contributed by atoms with E-state index in [0.717, 1.165) is 22.3 Å². The maximum atomic E-state index is 5.98. The lowest BCUT2D eigenvalue weighted by atomic mass is 10.1. The molecule has 2 nitrogen and oxygen atoms in total. The number of hydrogen-bond donors (Lipinski definition) is 0. The van der Waals surface area contributed by atoms with Gasteiger partial charge in [-0.15, -0.1) is 0 Å². The molecule has 0 radical (unpaired) electrons. The van der Waals surface area contributed by atoms with Gasteiger partial charge in [0.1, 0.15) is 0 Å². The van der Waals surface area contributed by atoms with Crippen molar-refractivity contribution in [3.8, 4) is 0 Å². The third-order valence-corrected chi connectivity index (χ3v) is 3.85. The fourth-order valence-electron chi connectivity index (χ4n) is 2.45. The first-order valence-electron chi connectivity index (χ1n) is 8.71. The summed E-state index contributed by atoms with van der Waals surface area (Å²) in [5, 5.41) is 0. The Labute approximate surface area is 156 Å². The largest absolute Gasteiger partial charge is 0.344 e. The first-order valence-corrected chi connectivity index (χ1v) is 8.71. The predicted octanol–water partition coefficient (Wildman–Crippen LogP) is 6.16. The SMILES string of the molecule is C=Cc1cccc(COC(C=CC=CC)OCc2ccccc2C=C)c1. The normalized spacial score (nSPS) is 12.5. The van der Waals surface area contributed by atoms with Crippen molar-refractivity contribution in [1.82, 2.24) is 0 Å². The summed E-state index contributed by atoms with van der Waals surface area (Å²) in [5.41, 5.74) is 4.32. The summed E-state index contributed by atoms with van der Waals surface area (Å²) < 4.78 is 12.0. The second-order valence-electron chi connectivity index (χ2n) is 5.75. The van der Waals surface area contributed by atoms with Crippen molar-refractivity contribution in [2.75, 3.05) is 0 Å². The molecule has 0 heterocycles. The van der Waals surface area contributed by atoms with Gasteiger partial charge in [-0.1, -0.05) is 86.0 Å². The minimum atomic E-state index is -0.434. The summed E-state index contributed by atoms with van der Waals surface area (Å²) in [4.78, 5) is 0. The summed E-state index contributed by atoms with van der Waals surface area (Å²) in [7, 11) is 0. The molecule has 0 aliphatic rings. The summed E-state index contributed by atoms with van der Waals surface area (Å²) >= 11 is 0. The molecule has 26 heavy (non-hydrogen) atoms. The third kappa shape index (κ3) is 6.32. The fourth-order valence-corrected chi connectivity index (χ4v) is 2.45. The Morgan fingerprint density at radius 1 is 0.923 bits per heavy atom. The first kappa shape index (κ1) is 19.6. The lowest BCUT2D eigenvalue weighted by molar-refractivity contribution is -0.126. The molecule has 2 aromatic carbocycles. The number of allylic oxidation sites excluding steroid dienone is 3. The number of ether oxygens (including phenoxy) is 2. The molecule has 2 heteroatoms. The van der Waals surface area contributed by atoms with Gasteiger partial charge >= 0.3 is 0 Å². The quantitative estimate of drug-likeness (QED) is 0.378. The van der Waals surface area contributed by atoms with Gasteiger partial charge in [0.15, 0.2) is 6.29 Å². The predicted molar refractivity (Wildman–Crippen MR) is 110 cm³/mol. The van der Waals surface area contributed by atoms with Gasteiger partial charge in [0.05, 0.1) is 13.2 Å². The third-order valence-electron chi connectivity index (χ3n) is 3.85. The lowest BCUT2D eigenvalue weighted by Gasteiger charge is -2.16. The Balaban J connectivity index is 2.02. The van der Waals surface area contributed by atoms with Crippen molar-refractivity contribution >= 4 is 12.2 Å². The van der Waals surface area contributed by atoms with Crippen LogP contribution < -0.4 is 0 Å². The summed E-state index contributed by atoms with van der Waals surface area (Å²) in [5.74, 6) is 0. The Kier molecular flexibility index (Phi) is 8.34. The second-order valence-corrected chi connectivity index (χ2v) is 5.75. The molecule has 0 aromatic heterocycles. The lowest BCUT2D eigenvalue weighted by Crippen LogP contribution is -2.15. The van der Waals surface area contributed by atoms with Crippen molar-refractivity contribution in [3.63, 3.8) is 0 Å². The second kappa shape index (κ2) is 11.0. The zero-order valence-corrected chi connectivity index (χ0v) is 15.3. The molecular formula is C24H26O2. The summed E-state index contributed by atoms with van der Waals surface area (Å²) in [6.07, 6.45) is 11.0. The van der Waals surface area contributed by atoms with Gasteiger partial charge in [0.25, 0.3) is 0 Å². The summed E-state index contributed by atoms with van der Waals surface area (Å²) in [6.45, 7) is 10.6. The standard InChI is InChI=1S/C24H26O2/c1-4-7-8-16-24(25-18-21-13-11-12-20(5-2)17-21)26-19-23-15-10-9-14-22(23)6-3/h4-17,24H,2-3,18-19H2,1H3. The highest BCUT2D eigenvalue weighted by molar-refractivity contribution is 5.51. The highest BCUT2D eigenvalue weighted by Gasteiger charge is 2.08. The maximum absolute atomic E-state index is 5.98. The molecule has 0 spiro atoms. The van der Waals surface area contributed by atoms with E-state index in [1.54, 1.807) is 0 Å². The van der Waals surface area contributed by atoms with Gasteiger partial charge in [-0.3, -0.25) is 0 Å². The van der Waals surface area contributed by atoms with Crippen LogP contribution in [0.4, 0.5) is 0 Å². The van der Waals surface area contributed by atoms with E-state index in [0.29, 0.717) is 13.2 Å². The Bertz CT molecular complexity index is 771.